The monoisotopic (exact) mass is 274 g/mol. The number of fused-ring (bicyclic) bond motifs is 1. The molecule has 2 aromatic heterocycles. The second-order valence-electron chi connectivity index (χ2n) is 6.33. The third-order valence-electron chi connectivity index (χ3n) is 4.68. The number of hydrogen-bond donors (Lipinski definition) is 1. The number of nitrogens with zero attached hydrogens (tertiary/aromatic N) is 4. The molecule has 6 heteroatoms. The molecule has 0 bridgehead atoms. The van der Waals surface area contributed by atoms with Gasteiger partial charge in [-0.2, -0.15) is 5.10 Å². The van der Waals surface area contributed by atoms with Crippen LogP contribution in [0.5, 0.6) is 0 Å². The number of likely N-dealkylation sites (tertiary alicyclic amines) is 1. The first-order chi connectivity index (χ1) is 9.56. The quantitative estimate of drug-likeness (QED) is 0.836. The number of rotatable bonds is 2. The lowest BCUT2D eigenvalue weighted by molar-refractivity contribution is -0.131. The average Bonchev–Trinajstić information content (AvgIpc) is 2.79. The Hall–Kier alpha value is -1.66. The first-order valence-corrected chi connectivity index (χ1v) is 7.00. The predicted molar refractivity (Wildman–Crippen MR) is 73.4 cm³/mol. The first-order valence-electron chi connectivity index (χ1n) is 7.00. The van der Waals surface area contributed by atoms with Crippen LogP contribution in [0.4, 0.5) is 0 Å². The summed E-state index contributed by atoms with van der Waals surface area (Å²) in [6.45, 7) is 2.70. The van der Waals surface area contributed by atoms with Crippen LogP contribution in [0.3, 0.4) is 0 Å². The Balaban J connectivity index is 1.55. The van der Waals surface area contributed by atoms with Crippen LogP contribution in [0, 0.1) is 5.41 Å². The summed E-state index contributed by atoms with van der Waals surface area (Å²) in [5.74, 6) is 0.786. The van der Waals surface area contributed by atoms with E-state index in [1.54, 1.807) is 28.4 Å². The van der Waals surface area contributed by atoms with Crippen LogP contribution in [0.25, 0.3) is 5.52 Å². The summed E-state index contributed by atoms with van der Waals surface area (Å²) >= 11 is 0. The minimum Gasteiger partial charge on any atom is -0.393 e. The van der Waals surface area contributed by atoms with E-state index >= 15 is 0 Å². The molecule has 1 aliphatic carbocycles. The molecular weight excluding hydrogens is 256 g/mol. The lowest BCUT2D eigenvalue weighted by Gasteiger charge is -2.57. The fourth-order valence-electron chi connectivity index (χ4n) is 3.66. The Bertz CT molecular complexity index is 718. The van der Waals surface area contributed by atoms with Crippen LogP contribution in [0.2, 0.25) is 0 Å². The third kappa shape index (κ3) is 1.65. The largest absolute Gasteiger partial charge is 0.393 e. The van der Waals surface area contributed by atoms with Gasteiger partial charge >= 0.3 is 0 Å². The summed E-state index contributed by atoms with van der Waals surface area (Å²) in [6, 6.07) is 3.62. The number of aliphatic hydroxyl groups is 1. The Morgan fingerprint density at radius 1 is 1.45 bits per heavy atom. The molecule has 1 aliphatic heterocycles. The van der Waals surface area contributed by atoms with Gasteiger partial charge < -0.3 is 5.11 Å². The molecule has 4 rings (SSSR count). The van der Waals surface area contributed by atoms with Crippen LogP contribution in [-0.4, -0.2) is 43.4 Å². The molecule has 1 N–H and O–H groups in total. The highest BCUT2D eigenvalue weighted by Gasteiger charge is 2.51. The highest BCUT2D eigenvalue weighted by atomic mass is 16.3. The topological polar surface area (TPSA) is 62.8 Å². The SMILES string of the molecule is Cn1c(CN2CC3(CC(O)C3)C2)nn2cccc2c1=O. The maximum atomic E-state index is 12.2. The number of aromatic nitrogens is 3. The minimum absolute atomic E-state index is 0.00527. The summed E-state index contributed by atoms with van der Waals surface area (Å²) in [6.07, 6.45) is 3.55. The molecule has 0 unspecified atom stereocenters. The van der Waals surface area contributed by atoms with Gasteiger partial charge in [0.05, 0.1) is 12.6 Å². The zero-order chi connectivity index (χ0) is 13.9. The fraction of sp³-hybridized carbons (Fsp3) is 0.571. The molecule has 1 spiro atoms. The van der Waals surface area contributed by atoms with Gasteiger partial charge in [-0.25, -0.2) is 4.52 Å². The Kier molecular flexibility index (Phi) is 2.38. The summed E-state index contributed by atoms with van der Waals surface area (Å²) in [4.78, 5) is 14.5. The maximum Gasteiger partial charge on any atom is 0.277 e. The molecule has 1 saturated heterocycles. The number of hydrogen-bond acceptors (Lipinski definition) is 4. The van der Waals surface area contributed by atoms with Crippen LogP contribution in [-0.2, 0) is 13.6 Å². The van der Waals surface area contributed by atoms with E-state index in [0.29, 0.717) is 17.5 Å². The van der Waals surface area contributed by atoms with Crippen molar-refractivity contribution in [2.24, 2.45) is 12.5 Å². The normalized spacial score (nSPS) is 22.1. The zero-order valence-corrected chi connectivity index (χ0v) is 11.5. The average molecular weight is 274 g/mol. The van der Waals surface area contributed by atoms with E-state index in [-0.39, 0.29) is 11.7 Å². The predicted octanol–water partition coefficient (Wildman–Crippen LogP) is -0.0103. The van der Waals surface area contributed by atoms with E-state index in [9.17, 15) is 9.90 Å². The molecule has 2 aromatic rings. The van der Waals surface area contributed by atoms with Crippen molar-refractivity contribution in [1.82, 2.24) is 19.1 Å². The molecule has 1 saturated carbocycles. The van der Waals surface area contributed by atoms with Crippen molar-refractivity contribution in [3.05, 3.63) is 34.5 Å². The van der Waals surface area contributed by atoms with Crippen molar-refractivity contribution in [3.63, 3.8) is 0 Å². The van der Waals surface area contributed by atoms with Crippen LogP contribution in [0.1, 0.15) is 18.7 Å². The highest BCUT2D eigenvalue weighted by molar-refractivity contribution is 5.43. The Morgan fingerprint density at radius 2 is 2.20 bits per heavy atom. The smallest absolute Gasteiger partial charge is 0.277 e. The molecule has 106 valence electrons. The molecule has 2 aliphatic rings. The molecule has 0 amide bonds. The van der Waals surface area contributed by atoms with Crippen LogP contribution < -0.4 is 5.56 Å². The Morgan fingerprint density at radius 3 is 2.90 bits per heavy atom. The van der Waals surface area contributed by atoms with Gasteiger partial charge in [-0.15, -0.1) is 0 Å². The Labute approximate surface area is 116 Å². The molecule has 20 heavy (non-hydrogen) atoms. The zero-order valence-electron chi connectivity index (χ0n) is 11.5. The summed E-state index contributed by atoms with van der Waals surface area (Å²) in [5, 5.41) is 13.9. The van der Waals surface area contributed by atoms with Crippen molar-refractivity contribution in [1.29, 1.82) is 0 Å². The van der Waals surface area contributed by atoms with Gasteiger partial charge in [-0.1, -0.05) is 0 Å². The van der Waals surface area contributed by atoms with E-state index in [4.69, 9.17) is 0 Å². The number of aliphatic hydroxyl groups excluding tert-OH is 1. The third-order valence-corrected chi connectivity index (χ3v) is 4.68. The van der Waals surface area contributed by atoms with Crippen LogP contribution in [0.15, 0.2) is 23.1 Å². The summed E-state index contributed by atoms with van der Waals surface area (Å²) in [5.41, 5.74) is 0.947. The summed E-state index contributed by atoms with van der Waals surface area (Å²) in [7, 11) is 1.78. The van der Waals surface area contributed by atoms with Gasteiger partial charge in [0.2, 0.25) is 0 Å². The second kappa shape index (κ2) is 3.93. The second-order valence-corrected chi connectivity index (χ2v) is 6.33. The molecule has 3 heterocycles. The van der Waals surface area contributed by atoms with Gasteiger partial charge in [-0.05, 0) is 25.0 Å². The van der Waals surface area contributed by atoms with Crippen molar-refractivity contribution in [3.8, 4) is 0 Å². The van der Waals surface area contributed by atoms with Gasteiger partial charge in [-0.3, -0.25) is 14.3 Å². The van der Waals surface area contributed by atoms with Crippen molar-refractivity contribution in [2.75, 3.05) is 13.1 Å². The minimum atomic E-state index is -0.101. The lowest BCUT2D eigenvalue weighted by Crippen LogP contribution is -2.63. The molecule has 2 fully saturated rings. The van der Waals surface area contributed by atoms with E-state index < -0.39 is 0 Å². The van der Waals surface area contributed by atoms with E-state index in [1.165, 1.54) is 0 Å². The fourth-order valence-corrected chi connectivity index (χ4v) is 3.66. The van der Waals surface area contributed by atoms with E-state index in [2.05, 4.69) is 10.00 Å². The molecule has 0 atom stereocenters. The standard InChI is InChI=1S/C14H18N4O2/c1-16-12(15-18-4-2-3-11(18)13(16)20)7-17-8-14(9-17)5-10(19)6-14/h2-4,10,19H,5-9H2,1H3. The highest BCUT2D eigenvalue weighted by Crippen LogP contribution is 2.48. The molecule has 6 nitrogen and oxygen atoms in total. The molecule has 0 aromatic carbocycles. The molecule has 0 radical (unpaired) electrons. The van der Waals surface area contributed by atoms with E-state index in [0.717, 1.165) is 31.8 Å². The van der Waals surface area contributed by atoms with Crippen molar-refractivity contribution in [2.45, 2.75) is 25.5 Å². The van der Waals surface area contributed by atoms with Gasteiger partial charge in [0.15, 0.2) is 0 Å². The first kappa shape index (κ1) is 12.1. The summed E-state index contributed by atoms with van der Waals surface area (Å²) < 4.78 is 3.29. The van der Waals surface area contributed by atoms with Gasteiger partial charge in [0.25, 0.3) is 5.56 Å². The maximum absolute atomic E-state index is 12.2. The van der Waals surface area contributed by atoms with Gasteiger partial charge in [0.1, 0.15) is 11.3 Å². The van der Waals surface area contributed by atoms with Gasteiger partial charge in [0, 0.05) is 31.7 Å². The van der Waals surface area contributed by atoms with Crippen LogP contribution >= 0.6 is 0 Å². The van der Waals surface area contributed by atoms with Crippen molar-refractivity contribution < 1.29 is 5.11 Å². The molecular formula is C14H18N4O2. The van der Waals surface area contributed by atoms with E-state index in [1.807, 2.05) is 6.07 Å². The van der Waals surface area contributed by atoms with Crippen molar-refractivity contribution >= 4 is 5.52 Å². The lowest BCUT2D eigenvalue weighted by atomic mass is 9.62.